The summed E-state index contributed by atoms with van der Waals surface area (Å²) in [4.78, 5) is 44.7. The van der Waals surface area contributed by atoms with Crippen LogP contribution in [0, 0.1) is 5.92 Å². The number of nitrogens with two attached hydrogens (primary N) is 1. The first-order chi connectivity index (χ1) is 15.7. The molecule has 0 aliphatic carbocycles. The van der Waals surface area contributed by atoms with Crippen LogP contribution in [0.1, 0.15) is 39.7 Å². The van der Waals surface area contributed by atoms with Gasteiger partial charge in [-0.25, -0.2) is 4.79 Å². The van der Waals surface area contributed by atoms with Gasteiger partial charge in [-0.15, -0.1) is 0 Å². The number of carbonyl (C=O) groups excluding carboxylic acids is 1. The van der Waals surface area contributed by atoms with E-state index in [1.165, 1.54) is 9.47 Å². The Labute approximate surface area is 194 Å². The summed E-state index contributed by atoms with van der Waals surface area (Å²) in [6, 6.07) is 9.36. The fourth-order valence-corrected chi connectivity index (χ4v) is 4.20. The van der Waals surface area contributed by atoms with E-state index in [-0.39, 0.29) is 42.7 Å². The number of morpholine rings is 1. The summed E-state index contributed by atoms with van der Waals surface area (Å²) in [5.41, 5.74) is 6.02. The number of hydrogen-bond donors (Lipinski definition) is 2. The number of nitrogen functional groups attached to an aromatic ring is 1. The van der Waals surface area contributed by atoms with Crippen molar-refractivity contribution in [3.05, 3.63) is 56.7 Å². The molecule has 1 aromatic carbocycles. The van der Waals surface area contributed by atoms with Crippen LogP contribution >= 0.6 is 0 Å². The molecule has 3 rings (SSSR count). The first-order valence-corrected chi connectivity index (χ1v) is 11.5. The maximum atomic E-state index is 13.4. The van der Waals surface area contributed by atoms with Crippen LogP contribution in [0.15, 0.2) is 39.9 Å². The predicted molar refractivity (Wildman–Crippen MR) is 130 cm³/mol. The van der Waals surface area contributed by atoms with Gasteiger partial charge in [0.2, 0.25) is 5.91 Å². The van der Waals surface area contributed by atoms with Gasteiger partial charge in [-0.05, 0) is 31.7 Å². The third kappa shape index (κ3) is 6.33. The number of aromatic nitrogens is 2. The van der Waals surface area contributed by atoms with Crippen molar-refractivity contribution in [1.29, 1.82) is 0 Å². The Balaban J connectivity index is 1.95. The third-order valence-electron chi connectivity index (χ3n) is 5.75. The zero-order chi connectivity index (χ0) is 24.1. The number of amides is 1. The lowest BCUT2D eigenvalue weighted by Gasteiger charge is -2.36. The Morgan fingerprint density at radius 2 is 1.82 bits per heavy atom. The van der Waals surface area contributed by atoms with Crippen molar-refractivity contribution in [3.8, 4) is 0 Å². The second kappa shape index (κ2) is 10.8. The molecule has 0 radical (unpaired) electrons. The molecular weight excluding hydrogens is 422 g/mol. The Kier molecular flexibility index (Phi) is 8.10. The molecule has 2 atom stereocenters. The SMILES string of the molecule is CC(C)CCN(C(=O)CN1C[C@H](C)O[C@@H](C)C1)c1c(N)n(Cc2ccccc2)c(=O)[nH]c1=O. The summed E-state index contributed by atoms with van der Waals surface area (Å²) in [7, 11) is 0. The average Bonchev–Trinajstić information content (AvgIpc) is 2.73. The van der Waals surface area contributed by atoms with Gasteiger partial charge in [0.05, 0.1) is 25.3 Å². The molecule has 2 heterocycles. The van der Waals surface area contributed by atoms with E-state index in [0.717, 1.165) is 5.56 Å². The lowest BCUT2D eigenvalue weighted by molar-refractivity contribution is -0.123. The van der Waals surface area contributed by atoms with Crippen LogP contribution in [-0.4, -0.2) is 58.7 Å². The van der Waals surface area contributed by atoms with Crippen LogP contribution in [0.25, 0.3) is 0 Å². The smallest absolute Gasteiger partial charge is 0.330 e. The number of anilines is 2. The van der Waals surface area contributed by atoms with Crippen molar-refractivity contribution in [2.24, 2.45) is 5.92 Å². The summed E-state index contributed by atoms with van der Waals surface area (Å²) in [5.74, 6) is 0.0896. The molecule has 0 bridgehead atoms. The minimum Gasteiger partial charge on any atom is -0.383 e. The molecule has 1 aliphatic heterocycles. The van der Waals surface area contributed by atoms with Crippen molar-refractivity contribution in [2.45, 2.75) is 52.9 Å². The topological polar surface area (TPSA) is 114 Å². The standard InChI is InChI=1S/C24H35N5O4/c1-16(2)10-11-28(20(30)15-27-12-17(3)33-18(4)13-27)21-22(25)29(24(32)26-23(21)31)14-19-8-6-5-7-9-19/h5-9,16-18H,10-15,25H2,1-4H3,(H,26,31,32)/t17-,18-/m0/s1. The highest BCUT2D eigenvalue weighted by Crippen LogP contribution is 2.20. The number of H-pyrrole nitrogens is 1. The maximum absolute atomic E-state index is 13.4. The zero-order valence-electron chi connectivity index (χ0n) is 19.9. The number of aromatic amines is 1. The van der Waals surface area contributed by atoms with Gasteiger partial charge in [-0.3, -0.25) is 24.0 Å². The first kappa shape index (κ1) is 24.7. The molecule has 1 saturated heterocycles. The summed E-state index contributed by atoms with van der Waals surface area (Å²) in [5, 5.41) is 0. The minimum atomic E-state index is -0.650. The average molecular weight is 458 g/mol. The van der Waals surface area contributed by atoms with Crippen molar-refractivity contribution in [1.82, 2.24) is 14.5 Å². The van der Waals surface area contributed by atoms with Crippen LogP contribution in [0.3, 0.4) is 0 Å². The lowest BCUT2D eigenvalue weighted by atomic mass is 10.1. The van der Waals surface area contributed by atoms with E-state index in [9.17, 15) is 14.4 Å². The largest absolute Gasteiger partial charge is 0.383 e. The lowest BCUT2D eigenvalue weighted by Crippen LogP contribution is -2.51. The molecule has 0 saturated carbocycles. The molecule has 2 aromatic rings. The van der Waals surface area contributed by atoms with Gasteiger partial charge in [0.1, 0.15) is 5.82 Å². The van der Waals surface area contributed by atoms with Crippen molar-refractivity contribution >= 4 is 17.4 Å². The molecule has 3 N–H and O–H groups in total. The zero-order valence-corrected chi connectivity index (χ0v) is 19.9. The quantitative estimate of drug-likeness (QED) is 0.623. The van der Waals surface area contributed by atoms with Crippen molar-refractivity contribution in [2.75, 3.05) is 36.8 Å². The molecular formula is C24H35N5O4. The van der Waals surface area contributed by atoms with Gasteiger partial charge in [0.25, 0.3) is 5.56 Å². The molecule has 1 fully saturated rings. The number of rotatable bonds is 8. The van der Waals surface area contributed by atoms with E-state index in [1.807, 2.05) is 49.1 Å². The second-order valence-corrected chi connectivity index (χ2v) is 9.24. The van der Waals surface area contributed by atoms with Crippen LogP contribution in [0.2, 0.25) is 0 Å². The van der Waals surface area contributed by atoms with Crippen LogP contribution in [0.5, 0.6) is 0 Å². The second-order valence-electron chi connectivity index (χ2n) is 9.24. The maximum Gasteiger partial charge on any atom is 0.330 e. The summed E-state index contributed by atoms with van der Waals surface area (Å²) < 4.78 is 7.07. The monoisotopic (exact) mass is 457 g/mol. The molecule has 0 unspecified atom stereocenters. The predicted octanol–water partition coefficient (Wildman–Crippen LogP) is 1.66. The van der Waals surface area contributed by atoms with Gasteiger partial charge in [-0.1, -0.05) is 44.2 Å². The third-order valence-corrected chi connectivity index (χ3v) is 5.75. The highest BCUT2D eigenvalue weighted by atomic mass is 16.5. The van der Waals surface area contributed by atoms with Crippen molar-refractivity contribution < 1.29 is 9.53 Å². The summed E-state index contributed by atoms with van der Waals surface area (Å²) in [6.07, 6.45) is 0.733. The van der Waals surface area contributed by atoms with Gasteiger partial charge in [0, 0.05) is 19.6 Å². The number of carbonyl (C=O) groups is 1. The van der Waals surface area contributed by atoms with Gasteiger partial charge in [0.15, 0.2) is 5.69 Å². The van der Waals surface area contributed by atoms with Crippen LogP contribution < -0.4 is 21.9 Å². The normalized spacial score (nSPS) is 19.1. The Bertz CT molecular complexity index is 1050. The molecule has 1 aliphatic rings. The molecule has 180 valence electrons. The van der Waals surface area contributed by atoms with Crippen LogP contribution in [-0.2, 0) is 16.1 Å². The molecule has 9 heteroatoms. The number of hydrogen-bond acceptors (Lipinski definition) is 6. The Morgan fingerprint density at radius 1 is 1.18 bits per heavy atom. The van der Waals surface area contributed by atoms with Crippen molar-refractivity contribution in [3.63, 3.8) is 0 Å². The highest BCUT2D eigenvalue weighted by Gasteiger charge is 2.29. The Hall–Kier alpha value is -2.91. The molecule has 9 nitrogen and oxygen atoms in total. The summed E-state index contributed by atoms with van der Waals surface area (Å²) >= 11 is 0. The number of nitrogens with zero attached hydrogens (tertiary/aromatic N) is 3. The van der Waals surface area contributed by atoms with E-state index in [1.54, 1.807) is 0 Å². The number of benzene rings is 1. The van der Waals surface area contributed by atoms with Gasteiger partial charge in [-0.2, -0.15) is 0 Å². The molecule has 1 aromatic heterocycles. The van der Waals surface area contributed by atoms with Crippen LogP contribution in [0.4, 0.5) is 11.5 Å². The summed E-state index contributed by atoms with van der Waals surface area (Å²) in [6.45, 7) is 10.0. The molecule has 33 heavy (non-hydrogen) atoms. The van der Waals surface area contributed by atoms with E-state index in [4.69, 9.17) is 10.5 Å². The van der Waals surface area contributed by atoms with Gasteiger partial charge >= 0.3 is 5.69 Å². The minimum absolute atomic E-state index is 0.00609. The molecule has 1 amide bonds. The van der Waals surface area contributed by atoms with E-state index in [0.29, 0.717) is 32.0 Å². The van der Waals surface area contributed by atoms with Gasteiger partial charge < -0.3 is 15.4 Å². The fraction of sp³-hybridized carbons (Fsp3) is 0.542. The highest BCUT2D eigenvalue weighted by molar-refractivity contribution is 5.96. The Morgan fingerprint density at radius 3 is 2.42 bits per heavy atom. The molecule has 0 spiro atoms. The number of ether oxygens (including phenoxy) is 1. The fourth-order valence-electron chi connectivity index (χ4n) is 4.20. The number of nitrogens with one attached hydrogen (secondary N) is 1. The van der Waals surface area contributed by atoms with E-state index in [2.05, 4.69) is 18.8 Å². The van der Waals surface area contributed by atoms with E-state index >= 15 is 0 Å². The first-order valence-electron chi connectivity index (χ1n) is 11.5. The van der Waals surface area contributed by atoms with E-state index < -0.39 is 11.2 Å².